The van der Waals surface area contributed by atoms with Gasteiger partial charge in [-0.3, -0.25) is 9.52 Å². The van der Waals surface area contributed by atoms with E-state index in [1.165, 1.54) is 18.2 Å². The average molecular weight is 508 g/mol. The van der Waals surface area contributed by atoms with Gasteiger partial charge in [-0.1, -0.05) is 33.6 Å². The third-order valence-corrected chi connectivity index (χ3v) is 7.13. The number of sulfonamides is 1. The van der Waals surface area contributed by atoms with E-state index in [0.29, 0.717) is 11.4 Å². The van der Waals surface area contributed by atoms with Crippen molar-refractivity contribution < 1.29 is 13.2 Å². The third kappa shape index (κ3) is 5.22. The van der Waals surface area contributed by atoms with E-state index in [1.807, 2.05) is 39.0 Å². The summed E-state index contributed by atoms with van der Waals surface area (Å²) in [7, 11) is -3.99. The molecule has 0 spiro atoms. The molecule has 156 valence electrons. The molecule has 0 aliphatic carbocycles. The molecule has 0 aliphatic rings. The van der Waals surface area contributed by atoms with Gasteiger partial charge in [-0.05, 0) is 86.0 Å². The SMILES string of the molecule is Cc1cc(C)cc(NS(=O)(=O)c2cc(C(=O)Nc3ccc(Br)c(C)c3)ccc2Cl)c1. The number of halogens is 2. The van der Waals surface area contributed by atoms with Gasteiger partial charge in [-0.2, -0.15) is 0 Å². The summed E-state index contributed by atoms with van der Waals surface area (Å²) in [6, 6.07) is 15.0. The zero-order chi connectivity index (χ0) is 22.1. The molecule has 0 atom stereocenters. The third-order valence-electron chi connectivity index (χ3n) is 4.37. The van der Waals surface area contributed by atoms with Crippen LogP contribution in [0, 0.1) is 20.8 Å². The Kier molecular flexibility index (Phi) is 6.55. The molecule has 0 saturated heterocycles. The summed E-state index contributed by atoms with van der Waals surface area (Å²) in [5, 5.41) is 2.80. The predicted molar refractivity (Wildman–Crippen MR) is 125 cm³/mol. The van der Waals surface area contributed by atoms with Gasteiger partial charge < -0.3 is 5.32 Å². The van der Waals surface area contributed by atoms with Gasteiger partial charge >= 0.3 is 0 Å². The molecular formula is C22H20BrClN2O3S. The Morgan fingerprint density at radius 2 is 1.57 bits per heavy atom. The zero-order valence-corrected chi connectivity index (χ0v) is 19.7. The summed E-state index contributed by atoms with van der Waals surface area (Å²) in [6.45, 7) is 5.67. The zero-order valence-electron chi connectivity index (χ0n) is 16.6. The van der Waals surface area contributed by atoms with Gasteiger partial charge in [0.05, 0.1) is 5.02 Å². The maximum atomic E-state index is 12.9. The minimum Gasteiger partial charge on any atom is -0.322 e. The molecule has 1 amide bonds. The van der Waals surface area contributed by atoms with Crippen LogP contribution >= 0.6 is 27.5 Å². The number of aryl methyl sites for hydroxylation is 3. The molecule has 0 aromatic heterocycles. The van der Waals surface area contributed by atoms with Crippen LogP contribution in [0.4, 0.5) is 11.4 Å². The fraction of sp³-hybridized carbons (Fsp3) is 0.136. The lowest BCUT2D eigenvalue weighted by molar-refractivity contribution is 0.102. The number of amides is 1. The maximum absolute atomic E-state index is 12.9. The molecule has 0 fully saturated rings. The van der Waals surface area contributed by atoms with E-state index < -0.39 is 15.9 Å². The molecule has 0 bridgehead atoms. The molecule has 3 rings (SSSR count). The Labute approximate surface area is 189 Å². The fourth-order valence-electron chi connectivity index (χ4n) is 3.02. The number of hydrogen-bond acceptors (Lipinski definition) is 3. The minimum atomic E-state index is -3.99. The highest BCUT2D eigenvalue weighted by molar-refractivity contribution is 9.10. The summed E-state index contributed by atoms with van der Waals surface area (Å²) in [4.78, 5) is 12.5. The molecule has 8 heteroatoms. The number of carbonyl (C=O) groups excluding carboxylic acids is 1. The number of rotatable bonds is 5. The van der Waals surface area contributed by atoms with Crippen LogP contribution in [0.2, 0.25) is 5.02 Å². The number of nitrogens with one attached hydrogen (secondary N) is 2. The molecule has 3 aromatic carbocycles. The van der Waals surface area contributed by atoms with Crippen molar-refractivity contribution in [3.05, 3.63) is 86.3 Å². The molecule has 5 nitrogen and oxygen atoms in total. The van der Waals surface area contributed by atoms with E-state index in [0.717, 1.165) is 21.2 Å². The molecular weight excluding hydrogens is 488 g/mol. The monoisotopic (exact) mass is 506 g/mol. The van der Waals surface area contributed by atoms with Crippen LogP contribution in [0.25, 0.3) is 0 Å². The highest BCUT2D eigenvalue weighted by Crippen LogP contribution is 2.27. The molecule has 30 heavy (non-hydrogen) atoms. The standard InChI is InChI=1S/C22H20BrClN2O3S/c1-13-8-14(2)10-18(9-13)26-30(28,29)21-12-16(4-7-20(21)24)22(27)25-17-5-6-19(23)15(3)11-17/h4-12,26H,1-3H3,(H,25,27). The van der Waals surface area contributed by atoms with Gasteiger partial charge in [0, 0.05) is 21.4 Å². The van der Waals surface area contributed by atoms with Gasteiger partial charge in [0.25, 0.3) is 15.9 Å². The molecule has 2 N–H and O–H groups in total. The highest BCUT2D eigenvalue weighted by atomic mass is 79.9. The number of hydrogen-bond donors (Lipinski definition) is 2. The second kappa shape index (κ2) is 8.79. The quantitative estimate of drug-likeness (QED) is 0.439. The molecule has 0 aliphatic heterocycles. The summed E-state index contributed by atoms with van der Waals surface area (Å²) >= 11 is 9.57. The van der Waals surface area contributed by atoms with E-state index >= 15 is 0 Å². The maximum Gasteiger partial charge on any atom is 0.263 e. The van der Waals surface area contributed by atoms with E-state index in [-0.39, 0.29) is 15.5 Å². The lowest BCUT2D eigenvalue weighted by Crippen LogP contribution is -2.16. The first-order valence-electron chi connectivity index (χ1n) is 9.03. The van der Waals surface area contributed by atoms with E-state index in [2.05, 4.69) is 26.0 Å². The summed E-state index contributed by atoms with van der Waals surface area (Å²) in [5.74, 6) is -0.434. The Morgan fingerprint density at radius 3 is 2.20 bits per heavy atom. The van der Waals surface area contributed by atoms with Gasteiger partial charge in [0.15, 0.2) is 0 Å². The summed E-state index contributed by atoms with van der Waals surface area (Å²) < 4.78 is 29.3. The second-order valence-corrected chi connectivity index (χ2v) is 9.96. The topological polar surface area (TPSA) is 75.3 Å². The highest BCUT2D eigenvalue weighted by Gasteiger charge is 2.21. The van der Waals surface area contributed by atoms with E-state index in [4.69, 9.17) is 11.6 Å². The van der Waals surface area contributed by atoms with Crippen LogP contribution in [0.15, 0.2) is 64.0 Å². The average Bonchev–Trinajstić information content (AvgIpc) is 2.63. The van der Waals surface area contributed by atoms with Gasteiger partial charge in [0.1, 0.15) is 4.90 Å². The van der Waals surface area contributed by atoms with E-state index in [1.54, 1.807) is 18.2 Å². The normalized spacial score (nSPS) is 11.2. The first kappa shape index (κ1) is 22.3. The van der Waals surface area contributed by atoms with Crippen LogP contribution in [-0.4, -0.2) is 14.3 Å². The number of anilines is 2. The van der Waals surface area contributed by atoms with E-state index in [9.17, 15) is 13.2 Å². The van der Waals surface area contributed by atoms with Crippen LogP contribution in [0.3, 0.4) is 0 Å². The number of carbonyl (C=O) groups is 1. The largest absolute Gasteiger partial charge is 0.322 e. The van der Waals surface area contributed by atoms with Crippen molar-refractivity contribution in [2.24, 2.45) is 0 Å². The van der Waals surface area contributed by atoms with Crippen LogP contribution in [0.1, 0.15) is 27.0 Å². The van der Waals surface area contributed by atoms with Crippen LogP contribution < -0.4 is 10.0 Å². The first-order valence-corrected chi connectivity index (χ1v) is 11.7. The molecule has 0 radical (unpaired) electrons. The Balaban J connectivity index is 1.89. The second-order valence-electron chi connectivity index (χ2n) is 7.05. The summed E-state index contributed by atoms with van der Waals surface area (Å²) in [6.07, 6.45) is 0. The first-order chi connectivity index (χ1) is 14.0. The van der Waals surface area contributed by atoms with Gasteiger partial charge in [0.2, 0.25) is 0 Å². The van der Waals surface area contributed by atoms with Crippen molar-refractivity contribution in [2.75, 3.05) is 10.0 Å². The predicted octanol–water partition coefficient (Wildman–Crippen LogP) is 6.08. The van der Waals surface area contributed by atoms with Crippen LogP contribution in [0.5, 0.6) is 0 Å². The van der Waals surface area contributed by atoms with Gasteiger partial charge in [-0.25, -0.2) is 8.42 Å². The van der Waals surface area contributed by atoms with Crippen molar-refractivity contribution in [1.29, 1.82) is 0 Å². The fourth-order valence-corrected chi connectivity index (χ4v) is 4.83. The van der Waals surface area contributed by atoms with Crippen molar-refractivity contribution in [2.45, 2.75) is 25.7 Å². The van der Waals surface area contributed by atoms with Crippen molar-refractivity contribution >= 4 is 54.8 Å². The van der Waals surface area contributed by atoms with Crippen molar-refractivity contribution in [3.63, 3.8) is 0 Å². The Morgan fingerprint density at radius 1 is 0.900 bits per heavy atom. The van der Waals surface area contributed by atoms with Crippen LogP contribution in [-0.2, 0) is 10.0 Å². The lowest BCUT2D eigenvalue weighted by atomic mass is 10.1. The van der Waals surface area contributed by atoms with Crippen molar-refractivity contribution in [1.82, 2.24) is 0 Å². The summed E-state index contributed by atoms with van der Waals surface area (Å²) in [5.41, 5.74) is 4.04. The molecule has 0 unspecified atom stereocenters. The molecule has 0 heterocycles. The number of benzene rings is 3. The molecule has 0 saturated carbocycles. The van der Waals surface area contributed by atoms with Crippen molar-refractivity contribution in [3.8, 4) is 0 Å². The Hall–Kier alpha value is -2.35. The minimum absolute atomic E-state index is 0.0305. The van der Waals surface area contributed by atoms with Gasteiger partial charge in [-0.15, -0.1) is 0 Å². The molecule has 3 aromatic rings. The Bertz CT molecular complexity index is 1220. The smallest absolute Gasteiger partial charge is 0.263 e. The lowest BCUT2D eigenvalue weighted by Gasteiger charge is -2.13.